The second-order valence-electron chi connectivity index (χ2n) is 11.2. The van der Waals surface area contributed by atoms with Crippen LogP contribution in [0.2, 0.25) is 0 Å². The molecular weight excluding hydrogens is 532 g/mol. The summed E-state index contributed by atoms with van der Waals surface area (Å²) in [6.07, 6.45) is 0. The lowest BCUT2D eigenvalue weighted by Gasteiger charge is -2.16. The fourth-order valence-corrected chi connectivity index (χ4v) is 6.16. The van der Waals surface area contributed by atoms with Crippen molar-refractivity contribution in [3.8, 4) is 22.3 Å². The average molecular weight is 563 g/mol. The number of fused-ring (bicyclic) bond motifs is 3. The molecule has 0 aliphatic rings. The van der Waals surface area contributed by atoms with Crippen LogP contribution < -0.4 is 10.6 Å². The zero-order chi connectivity index (χ0) is 29.3. The van der Waals surface area contributed by atoms with Crippen molar-refractivity contribution < 1.29 is 0 Å². The lowest BCUT2D eigenvalue weighted by molar-refractivity contribution is 1.53. The molecular formula is C42H30N2. The van der Waals surface area contributed by atoms with Gasteiger partial charge >= 0.3 is 0 Å². The van der Waals surface area contributed by atoms with Gasteiger partial charge in [-0.15, -0.1) is 0 Å². The maximum absolute atomic E-state index is 3.67. The van der Waals surface area contributed by atoms with E-state index in [9.17, 15) is 0 Å². The van der Waals surface area contributed by atoms with Crippen molar-refractivity contribution in [1.82, 2.24) is 0 Å². The lowest BCUT2D eigenvalue weighted by atomic mass is 9.91. The Labute approximate surface area is 257 Å². The van der Waals surface area contributed by atoms with Crippen LogP contribution in [-0.4, -0.2) is 0 Å². The van der Waals surface area contributed by atoms with E-state index in [4.69, 9.17) is 0 Å². The number of hydrogen-bond donors (Lipinski definition) is 2. The molecule has 0 atom stereocenters. The Bertz CT molecular complexity index is 2280. The SMILES string of the molecule is c1ccc2cc(Nc3ccc(-c4ccc(Nc5ccc6ccccc6c5)cc4-c4cccc5ccccc45)cc3)ccc2c1. The van der Waals surface area contributed by atoms with Crippen molar-refractivity contribution in [2.24, 2.45) is 0 Å². The predicted octanol–water partition coefficient (Wildman–Crippen LogP) is 12.0. The molecule has 0 fully saturated rings. The number of hydrogen-bond acceptors (Lipinski definition) is 2. The molecule has 2 nitrogen and oxygen atoms in total. The third-order valence-electron chi connectivity index (χ3n) is 8.37. The monoisotopic (exact) mass is 562 g/mol. The minimum Gasteiger partial charge on any atom is -0.356 e. The Balaban J connectivity index is 1.17. The predicted molar refractivity (Wildman–Crippen MR) is 189 cm³/mol. The zero-order valence-corrected chi connectivity index (χ0v) is 24.2. The summed E-state index contributed by atoms with van der Waals surface area (Å²) in [5.41, 5.74) is 9.06. The number of anilines is 4. The Hall–Kier alpha value is -5.86. The molecule has 0 saturated carbocycles. The molecule has 0 bridgehead atoms. The van der Waals surface area contributed by atoms with Crippen molar-refractivity contribution in [1.29, 1.82) is 0 Å². The highest BCUT2D eigenvalue weighted by atomic mass is 14.9. The van der Waals surface area contributed by atoms with E-state index in [1.54, 1.807) is 0 Å². The molecule has 0 aliphatic heterocycles. The van der Waals surface area contributed by atoms with Crippen molar-refractivity contribution in [3.05, 3.63) is 170 Å². The molecule has 8 aromatic rings. The molecule has 0 radical (unpaired) electrons. The van der Waals surface area contributed by atoms with Gasteiger partial charge in [0.05, 0.1) is 0 Å². The molecule has 0 amide bonds. The maximum Gasteiger partial charge on any atom is 0.0390 e. The quantitative estimate of drug-likeness (QED) is 0.211. The fraction of sp³-hybridized carbons (Fsp3) is 0. The van der Waals surface area contributed by atoms with Crippen molar-refractivity contribution in [2.75, 3.05) is 10.6 Å². The van der Waals surface area contributed by atoms with Crippen molar-refractivity contribution >= 4 is 55.1 Å². The second-order valence-corrected chi connectivity index (χ2v) is 11.2. The van der Waals surface area contributed by atoms with Gasteiger partial charge in [-0.2, -0.15) is 0 Å². The minimum absolute atomic E-state index is 1.06. The minimum atomic E-state index is 1.06. The van der Waals surface area contributed by atoms with E-state index in [2.05, 4.69) is 180 Å². The average Bonchev–Trinajstić information content (AvgIpc) is 3.08. The third kappa shape index (κ3) is 5.04. The Morgan fingerprint density at radius 3 is 1.45 bits per heavy atom. The molecule has 0 heterocycles. The van der Waals surface area contributed by atoms with Crippen LogP contribution in [0.1, 0.15) is 0 Å². The van der Waals surface area contributed by atoms with Gasteiger partial charge in [-0.1, -0.05) is 121 Å². The van der Waals surface area contributed by atoms with Gasteiger partial charge in [-0.05, 0) is 103 Å². The second kappa shape index (κ2) is 11.1. The summed E-state index contributed by atoms with van der Waals surface area (Å²) in [6.45, 7) is 0. The Morgan fingerprint density at radius 1 is 0.273 bits per heavy atom. The molecule has 0 saturated heterocycles. The highest BCUT2D eigenvalue weighted by molar-refractivity contribution is 6.01. The highest BCUT2D eigenvalue weighted by Crippen LogP contribution is 2.39. The molecule has 44 heavy (non-hydrogen) atoms. The summed E-state index contributed by atoms with van der Waals surface area (Å²) in [4.78, 5) is 0. The Kier molecular flexibility index (Phi) is 6.51. The normalized spacial score (nSPS) is 11.2. The highest BCUT2D eigenvalue weighted by Gasteiger charge is 2.13. The van der Waals surface area contributed by atoms with Crippen molar-refractivity contribution in [3.63, 3.8) is 0 Å². The van der Waals surface area contributed by atoms with E-state index in [0.717, 1.165) is 22.7 Å². The van der Waals surface area contributed by atoms with Gasteiger partial charge in [0.25, 0.3) is 0 Å². The third-order valence-corrected chi connectivity index (χ3v) is 8.37. The summed E-state index contributed by atoms with van der Waals surface area (Å²) < 4.78 is 0. The zero-order valence-electron chi connectivity index (χ0n) is 24.2. The van der Waals surface area contributed by atoms with Crippen LogP contribution in [0.15, 0.2) is 170 Å². The summed E-state index contributed by atoms with van der Waals surface area (Å²) >= 11 is 0. The Morgan fingerprint density at radius 2 is 0.773 bits per heavy atom. The van der Waals surface area contributed by atoms with Crippen LogP contribution in [0.3, 0.4) is 0 Å². The van der Waals surface area contributed by atoms with Crippen molar-refractivity contribution in [2.45, 2.75) is 0 Å². The smallest absolute Gasteiger partial charge is 0.0390 e. The first-order valence-electron chi connectivity index (χ1n) is 15.0. The van der Waals surface area contributed by atoms with Crippen LogP contribution >= 0.6 is 0 Å². The molecule has 8 aromatic carbocycles. The summed E-state index contributed by atoms with van der Waals surface area (Å²) in [6, 6.07) is 60.6. The molecule has 208 valence electrons. The van der Waals surface area contributed by atoms with Gasteiger partial charge in [-0.25, -0.2) is 0 Å². The molecule has 0 aromatic heterocycles. The summed E-state index contributed by atoms with van der Waals surface area (Å²) in [5.74, 6) is 0. The first-order chi connectivity index (χ1) is 21.8. The van der Waals surface area contributed by atoms with Gasteiger partial charge in [0.2, 0.25) is 0 Å². The van der Waals surface area contributed by atoms with Crippen LogP contribution in [0, 0.1) is 0 Å². The van der Waals surface area contributed by atoms with Crippen LogP contribution in [0.25, 0.3) is 54.6 Å². The van der Waals surface area contributed by atoms with E-state index in [1.165, 1.54) is 54.6 Å². The van der Waals surface area contributed by atoms with E-state index in [0.29, 0.717) is 0 Å². The molecule has 0 aliphatic carbocycles. The lowest BCUT2D eigenvalue weighted by Crippen LogP contribution is -1.94. The molecule has 0 spiro atoms. The van der Waals surface area contributed by atoms with Gasteiger partial charge in [0, 0.05) is 22.7 Å². The van der Waals surface area contributed by atoms with Crippen LogP contribution in [0.5, 0.6) is 0 Å². The fourth-order valence-electron chi connectivity index (χ4n) is 6.16. The maximum atomic E-state index is 3.67. The van der Waals surface area contributed by atoms with Crippen LogP contribution in [-0.2, 0) is 0 Å². The van der Waals surface area contributed by atoms with E-state index < -0.39 is 0 Å². The van der Waals surface area contributed by atoms with Gasteiger partial charge in [0.15, 0.2) is 0 Å². The first-order valence-corrected chi connectivity index (χ1v) is 15.0. The first kappa shape index (κ1) is 25.8. The van der Waals surface area contributed by atoms with E-state index in [-0.39, 0.29) is 0 Å². The summed E-state index contributed by atoms with van der Waals surface area (Å²) in [7, 11) is 0. The molecule has 2 N–H and O–H groups in total. The van der Waals surface area contributed by atoms with Gasteiger partial charge < -0.3 is 10.6 Å². The summed E-state index contributed by atoms with van der Waals surface area (Å²) in [5, 5.41) is 14.7. The number of benzene rings is 8. The van der Waals surface area contributed by atoms with Crippen LogP contribution in [0.4, 0.5) is 22.7 Å². The molecule has 0 unspecified atom stereocenters. The standard InChI is InChI=1S/C42H30N2/c1-3-11-33-26-36(22-16-29(33)8-1)43-35-20-18-32(19-21-35)40-25-24-38(44-37-23-17-30-9-2-4-12-34(30)27-37)28-42(40)41-15-7-13-31-10-5-6-14-39(31)41/h1-28,43-44H. The largest absolute Gasteiger partial charge is 0.356 e. The molecule has 2 heteroatoms. The molecule has 8 rings (SSSR count). The number of nitrogens with one attached hydrogen (secondary N) is 2. The van der Waals surface area contributed by atoms with Gasteiger partial charge in [-0.3, -0.25) is 0 Å². The van der Waals surface area contributed by atoms with E-state index in [1.807, 2.05) is 0 Å². The number of rotatable bonds is 6. The van der Waals surface area contributed by atoms with E-state index >= 15 is 0 Å². The topological polar surface area (TPSA) is 24.1 Å². The van der Waals surface area contributed by atoms with Gasteiger partial charge in [0.1, 0.15) is 0 Å².